The van der Waals surface area contributed by atoms with E-state index >= 15 is 0 Å². The molecule has 0 bridgehead atoms. The van der Waals surface area contributed by atoms with Gasteiger partial charge in [0.1, 0.15) is 5.82 Å². The number of para-hydroxylation sites is 1. The van der Waals surface area contributed by atoms with Crippen molar-refractivity contribution in [3.05, 3.63) is 224 Å². The van der Waals surface area contributed by atoms with Gasteiger partial charge < -0.3 is 19.1 Å². The van der Waals surface area contributed by atoms with Crippen LogP contribution in [0.25, 0.3) is 61.0 Å². The van der Waals surface area contributed by atoms with Crippen LogP contribution in [0.1, 0.15) is 38.8 Å². The van der Waals surface area contributed by atoms with E-state index in [9.17, 15) is 0 Å². The average molecular weight is 1030 g/mol. The van der Waals surface area contributed by atoms with Gasteiger partial charge in [-0.3, -0.25) is 0 Å². The molecule has 8 aromatic carbocycles. The standard InChI is InChI=1S/C59H45N4O.Pt/c1-40-31-58(60-38-53(40)43-21-12-7-13-22-43)63-54-26-15-14-25-51(54)52-29-28-50(37-56(52)63)64-49-24-16-23-47(36-49)61-39-62(57-34-44(27-30-55(57)61)41-17-8-5-9-18-41)48-33-45(42-19-10-6-11-20-42)32-46(35-48)59(2,3)4;/h5-35,38-39H,1-4H3;/q-3;/i7D,12D,13D,21D,22D;. The minimum atomic E-state index is -0.432. The number of benzene rings is 8. The minimum Gasteiger partial charge on any atom is -0.509 e. The van der Waals surface area contributed by atoms with Gasteiger partial charge in [0.05, 0.1) is 6.85 Å². The summed E-state index contributed by atoms with van der Waals surface area (Å²) < 4.78 is 50.4. The quantitative estimate of drug-likeness (QED) is 0.142. The average Bonchev–Trinajstić information content (AvgIpc) is 3.91. The number of pyridine rings is 1. The van der Waals surface area contributed by atoms with Gasteiger partial charge in [-0.05, 0) is 93.1 Å². The summed E-state index contributed by atoms with van der Waals surface area (Å²) >= 11 is 0. The first-order valence-corrected chi connectivity index (χ1v) is 21.4. The molecule has 3 heterocycles. The molecule has 1 aliphatic rings. The second-order valence-corrected chi connectivity index (χ2v) is 17.1. The molecule has 0 saturated heterocycles. The number of aromatic nitrogens is 2. The van der Waals surface area contributed by atoms with Crippen LogP contribution in [0, 0.1) is 25.7 Å². The van der Waals surface area contributed by atoms with Crippen LogP contribution >= 0.6 is 0 Å². The number of hydrogen-bond acceptors (Lipinski definition) is 4. The van der Waals surface area contributed by atoms with Crippen LogP contribution < -0.4 is 14.5 Å². The van der Waals surface area contributed by atoms with Gasteiger partial charge in [0, 0.05) is 66.9 Å². The molecule has 65 heavy (non-hydrogen) atoms. The summed E-state index contributed by atoms with van der Waals surface area (Å²) in [4.78, 5) is 9.28. The molecule has 0 fully saturated rings. The van der Waals surface area contributed by atoms with Gasteiger partial charge in [-0.1, -0.05) is 147 Å². The molecule has 0 radical (unpaired) electrons. The first-order chi connectivity index (χ1) is 33.3. The zero-order valence-corrected chi connectivity index (χ0v) is 38.5. The van der Waals surface area contributed by atoms with E-state index in [1.165, 1.54) is 5.56 Å². The van der Waals surface area contributed by atoms with Crippen LogP contribution in [0.15, 0.2) is 194 Å². The van der Waals surface area contributed by atoms with Crippen molar-refractivity contribution in [3.8, 4) is 50.7 Å². The fraction of sp³-hybridized carbons (Fsp3) is 0.0847. The Morgan fingerprint density at radius 2 is 1.32 bits per heavy atom. The summed E-state index contributed by atoms with van der Waals surface area (Å²) in [5, 5.41) is 1.96. The van der Waals surface area contributed by atoms with Gasteiger partial charge in [0.2, 0.25) is 0 Å². The summed E-state index contributed by atoms with van der Waals surface area (Å²) in [5.74, 6) is 1.59. The van der Waals surface area contributed by atoms with Gasteiger partial charge in [-0.25, -0.2) is 4.98 Å². The fourth-order valence-corrected chi connectivity index (χ4v) is 8.58. The molecular formula is C59H45N4OPt-3. The third-order valence-corrected chi connectivity index (χ3v) is 11.9. The monoisotopic (exact) mass is 1030 g/mol. The molecule has 10 aromatic rings. The molecule has 1 aliphatic heterocycles. The van der Waals surface area contributed by atoms with E-state index in [0.29, 0.717) is 28.4 Å². The molecule has 0 unspecified atom stereocenters. The number of anilines is 4. The van der Waals surface area contributed by atoms with E-state index in [4.69, 9.17) is 16.6 Å². The molecule has 5 nitrogen and oxygen atoms in total. The Labute approximate surface area is 402 Å². The summed E-state index contributed by atoms with van der Waals surface area (Å²) in [6.07, 6.45) is 1.58. The summed E-state index contributed by atoms with van der Waals surface area (Å²) in [5.41, 5.74) is 12.5. The van der Waals surface area contributed by atoms with Gasteiger partial charge in [0.15, 0.2) is 0 Å². The molecule has 320 valence electrons. The number of rotatable bonds is 8. The van der Waals surface area contributed by atoms with E-state index in [1.54, 1.807) is 6.20 Å². The second-order valence-electron chi connectivity index (χ2n) is 17.1. The fourth-order valence-electron chi connectivity index (χ4n) is 8.58. The predicted molar refractivity (Wildman–Crippen MR) is 264 cm³/mol. The summed E-state index contributed by atoms with van der Waals surface area (Å²) in [7, 11) is 0. The van der Waals surface area contributed by atoms with Crippen molar-refractivity contribution in [1.82, 2.24) is 9.55 Å². The van der Waals surface area contributed by atoms with Crippen molar-refractivity contribution in [1.29, 1.82) is 0 Å². The first-order valence-electron chi connectivity index (χ1n) is 23.9. The van der Waals surface area contributed by atoms with Crippen LogP contribution in [0.5, 0.6) is 11.5 Å². The van der Waals surface area contributed by atoms with Gasteiger partial charge >= 0.3 is 0 Å². The van der Waals surface area contributed by atoms with Crippen LogP contribution in [-0.4, -0.2) is 9.55 Å². The molecule has 2 aromatic heterocycles. The van der Waals surface area contributed by atoms with Crippen molar-refractivity contribution in [2.75, 3.05) is 9.80 Å². The Balaban J connectivity index is 0.00000567. The van der Waals surface area contributed by atoms with Crippen LogP contribution in [0.3, 0.4) is 0 Å². The number of hydrogen-bond donors (Lipinski definition) is 0. The summed E-state index contributed by atoms with van der Waals surface area (Å²) in [6, 6.07) is 59.6. The smallest absolute Gasteiger partial charge is 0.135 e. The minimum absolute atomic E-state index is 0. The first kappa shape index (κ1) is 36.2. The molecular weight excluding hydrogens is 976 g/mol. The molecule has 0 N–H and O–H groups in total. The number of nitrogens with zero attached hydrogens (tertiary/aromatic N) is 4. The molecule has 6 heteroatoms. The van der Waals surface area contributed by atoms with Crippen LogP contribution in [0.2, 0.25) is 0 Å². The van der Waals surface area contributed by atoms with Gasteiger partial charge in [-0.2, -0.15) is 12.1 Å². The Bertz CT molecular complexity index is 3620. The van der Waals surface area contributed by atoms with Crippen molar-refractivity contribution >= 4 is 44.6 Å². The Morgan fingerprint density at radius 3 is 2.08 bits per heavy atom. The normalized spacial score (nSPS) is 13.4. The number of ether oxygens (including phenoxy) is 1. The predicted octanol–water partition coefficient (Wildman–Crippen LogP) is 15.6. The maximum atomic E-state index is 8.60. The SMILES string of the molecule is [2H]c1c([2H])c([2H])c(-c2cnc(-n3c4[c-]c(Oc5[c-]c(N6[CH-]N(c7cc(-c8ccccc8)cc(C(C)(C)C)c7)c7cc(-c8ccccc8)ccc76)ccc5)ccc4c4ccccc43)cc2C)c([2H])c1[2H].[Pt]. The Kier molecular flexibility index (Phi) is 9.50. The van der Waals surface area contributed by atoms with Crippen LogP contribution in [0.4, 0.5) is 22.7 Å². The number of fused-ring (bicyclic) bond motifs is 4. The van der Waals surface area contributed by atoms with E-state index in [-0.39, 0.29) is 56.2 Å². The topological polar surface area (TPSA) is 33.5 Å². The molecule has 0 spiro atoms. The van der Waals surface area contributed by atoms with Crippen molar-refractivity contribution in [2.24, 2.45) is 0 Å². The maximum absolute atomic E-state index is 8.60. The van der Waals surface area contributed by atoms with Crippen molar-refractivity contribution in [3.63, 3.8) is 0 Å². The zero-order chi connectivity index (χ0) is 47.7. The second kappa shape index (κ2) is 17.1. The van der Waals surface area contributed by atoms with E-state index in [2.05, 4.69) is 140 Å². The summed E-state index contributed by atoms with van der Waals surface area (Å²) in [6.45, 7) is 10.8. The largest absolute Gasteiger partial charge is 0.509 e. The third-order valence-electron chi connectivity index (χ3n) is 11.9. The zero-order valence-electron chi connectivity index (χ0n) is 41.2. The van der Waals surface area contributed by atoms with Crippen molar-refractivity contribution in [2.45, 2.75) is 33.1 Å². The Morgan fingerprint density at radius 1 is 0.600 bits per heavy atom. The number of aryl methyl sites for hydroxylation is 1. The van der Waals surface area contributed by atoms with Gasteiger partial charge in [0.25, 0.3) is 0 Å². The van der Waals surface area contributed by atoms with E-state index < -0.39 is 6.04 Å². The third kappa shape index (κ3) is 7.91. The van der Waals surface area contributed by atoms with Crippen LogP contribution in [-0.2, 0) is 26.5 Å². The Hall–Kier alpha value is -7.20. The molecule has 0 saturated carbocycles. The molecule has 11 rings (SSSR count). The van der Waals surface area contributed by atoms with E-state index in [1.807, 2.05) is 78.2 Å². The van der Waals surface area contributed by atoms with Crippen molar-refractivity contribution < 1.29 is 32.7 Å². The van der Waals surface area contributed by atoms with Gasteiger partial charge in [-0.15, -0.1) is 48.1 Å². The molecule has 0 aliphatic carbocycles. The molecule has 0 atom stereocenters. The molecule has 0 amide bonds. The maximum Gasteiger partial charge on any atom is 0.135 e. The van der Waals surface area contributed by atoms with E-state index in [0.717, 1.165) is 66.8 Å².